The van der Waals surface area contributed by atoms with E-state index >= 15 is 0 Å². The zero-order valence-corrected chi connectivity index (χ0v) is 18.3. The summed E-state index contributed by atoms with van der Waals surface area (Å²) in [6.07, 6.45) is 3.25. The SMILES string of the molecule is CCCCN(C)C(=NCc1cccc(C(=O)NCCC)c1)NCC.I. The third kappa shape index (κ3) is 9.09. The van der Waals surface area contributed by atoms with Gasteiger partial charge in [-0.05, 0) is 37.5 Å². The Labute approximate surface area is 169 Å². The smallest absolute Gasteiger partial charge is 0.251 e. The van der Waals surface area contributed by atoms with Crippen LogP contribution in [0.1, 0.15) is 56.0 Å². The van der Waals surface area contributed by atoms with Gasteiger partial charge in [-0.1, -0.05) is 32.4 Å². The molecular formula is C19H33IN4O. The second kappa shape index (κ2) is 13.9. The Hall–Kier alpha value is -1.31. The van der Waals surface area contributed by atoms with Gasteiger partial charge in [0.15, 0.2) is 5.96 Å². The van der Waals surface area contributed by atoms with E-state index in [0.717, 1.165) is 37.5 Å². The van der Waals surface area contributed by atoms with E-state index in [9.17, 15) is 4.79 Å². The van der Waals surface area contributed by atoms with Crippen LogP contribution < -0.4 is 10.6 Å². The van der Waals surface area contributed by atoms with E-state index in [1.807, 2.05) is 31.2 Å². The average molecular weight is 460 g/mol. The maximum atomic E-state index is 12.1. The van der Waals surface area contributed by atoms with Gasteiger partial charge in [0.25, 0.3) is 5.91 Å². The third-order valence-electron chi connectivity index (χ3n) is 3.68. The Morgan fingerprint density at radius 3 is 2.56 bits per heavy atom. The Kier molecular flexibility index (Phi) is 13.2. The minimum atomic E-state index is -0.0188. The maximum absolute atomic E-state index is 12.1. The molecule has 0 saturated carbocycles. The van der Waals surface area contributed by atoms with E-state index in [1.54, 1.807) is 0 Å². The first kappa shape index (κ1) is 23.7. The summed E-state index contributed by atoms with van der Waals surface area (Å²) < 4.78 is 0. The molecule has 142 valence electrons. The number of carbonyl (C=O) groups is 1. The number of hydrogen-bond acceptors (Lipinski definition) is 2. The predicted octanol–water partition coefficient (Wildman–Crippen LogP) is 3.64. The molecule has 0 saturated heterocycles. The van der Waals surface area contributed by atoms with Crippen molar-refractivity contribution in [3.8, 4) is 0 Å². The fourth-order valence-electron chi connectivity index (χ4n) is 2.29. The molecule has 1 aromatic rings. The minimum Gasteiger partial charge on any atom is -0.357 e. The van der Waals surface area contributed by atoms with Crippen molar-refractivity contribution in [2.45, 2.75) is 46.6 Å². The maximum Gasteiger partial charge on any atom is 0.251 e. The first-order valence-electron chi connectivity index (χ1n) is 8.98. The van der Waals surface area contributed by atoms with Gasteiger partial charge in [0.2, 0.25) is 0 Å². The predicted molar refractivity (Wildman–Crippen MR) is 117 cm³/mol. The van der Waals surface area contributed by atoms with Crippen LogP contribution >= 0.6 is 24.0 Å². The van der Waals surface area contributed by atoms with Gasteiger partial charge in [0, 0.05) is 32.2 Å². The summed E-state index contributed by atoms with van der Waals surface area (Å²) in [4.78, 5) is 18.9. The molecular weight excluding hydrogens is 427 g/mol. The monoisotopic (exact) mass is 460 g/mol. The highest BCUT2D eigenvalue weighted by atomic mass is 127. The van der Waals surface area contributed by atoms with Crippen molar-refractivity contribution in [3.05, 3.63) is 35.4 Å². The van der Waals surface area contributed by atoms with E-state index in [1.165, 1.54) is 6.42 Å². The third-order valence-corrected chi connectivity index (χ3v) is 3.68. The highest BCUT2D eigenvalue weighted by Crippen LogP contribution is 2.07. The quantitative estimate of drug-likeness (QED) is 0.336. The topological polar surface area (TPSA) is 56.7 Å². The second-order valence-electron chi connectivity index (χ2n) is 5.90. The first-order chi connectivity index (χ1) is 11.6. The molecule has 0 aliphatic heterocycles. The molecule has 0 aliphatic rings. The standard InChI is InChI=1S/C19H32N4O.HI/c1-5-8-13-23(4)19(20-7-3)22-15-16-10-9-11-17(14-16)18(24)21-12-6-2;/h9-11,14H,5-8,12-13,15H2,1-4H3,(H,20,22)(H,21,24);1H. The number of aliphatic imine (C=N–C) groups is 1. The molecule has 0 unspecified atom stereocenters. The van der Waals surface area contributed by atoms with Gasteiger partial charge in [-0.15, -0.1) is 24.0 Å². The molecule has 0 bridgehead atoms. The lowest BCUT2D eigenvalue weighted by Gasteiger charge is -2.21. The summed E-state index contributed by atoms with van der Waals surface area (Å²) in [5.41, 5.74) is 1.74. The van der Waals surface area contributed by atoms with E-state index in [0.29, 0.717) is 18.7 Å². The van der Waals surface area contributed by atoms with Crippen molar-refractivity contribution in [2.75, 3.05) is 26.7 Å². The van der Waals surface area contributed by atoms with Crippen molar-refractivity contribution in [1.29, 1.82) is 0 Å². The van der Waals surface area contributed by atoms with E-state index in [-0.39, 0.29) is 29.9 Å². The normalized spacial score (nSPS) is 10.8. The van der Waals surface area contributed by atoms with Gasteiger partial charge in [-0.3, -0.25) is 4.79 Å². The fraction of sp³-hybridized carbons (Fsp3) is 0.579. The Balaban J connectivity index is 0.00000576. The first-order valence-corrected chi connectivity index (χ1v) is 8.98. The lowest BCUT2D eigenvalue weighted by Crippen LogP contribution is -2.39. The average Bonchev–Trinajstić information content (AvgIpc) is 2.61. The van der Waals surface area contributed by atoms with Crippen molar-refractivity contribution < 1.29 is 4.79 Å². The van der Waals surface area contributed by atoms with E-state index < -0.39 is 0 Å². The number of hydrogen-bond donors (Lipinski definition) is 2. The van der Waals surface area contributed by atoms with Crippen LogP contribution in [0.5, 0.6) is 0 Å². The molecule has 5 nitrogen and oxygen atoms in total. The zero-order valence-electron chi connectivity index (χ0n) is 16.0. The lowest BCUT2D eigenvalue weighted by atomic mass is 10.1. The van der Waals surface area contributed by atoms with Crippen molar-refractivity contribution in [1.82, 2.24) is 15.5 Å². The van der Waals surface area contributed by atoms with Gasteiger partial charge in [-0.2, -0.15) is 0 Å². The molecule has 25 heavy (non-hydrogen) atoms. The van der Waals surface area contributed by atoms with Crippen LogP contribution in [0, 0.1) is 0 Å². The summed E-state index contributed by atoms with van der Waals surface area (Å²) in [5.74, 6) is 0.890. The lowest BCUT2D eigenvalue weighted by molar-refractivity contribution is 0.0953. The van der Waals surface area contributed by atoms with Gasteiger partial charge in [0.05, 0.1) is 6.54 Å². The number of nitrogens with zero attached hydrogens (tertiary/aromatic N) is 2. The van der Waals surface area contributed by atoms with Crippen LogP contribution in [-0.2, 0) is 6.54 Å². The number of unbranched alkanes of at least 4 members (excludes halogenated alkanes) is 1. The summed E-state index contributed by atoms with van der Waals surface area (Å²) in [5, 5.41) is 6.23. The molecule has 6 heteroatoms. The molecule has 0 radical (unpaired) electrons. The molecule has 0 fully saturated rings. The highest BCUT2D eigenvalue weighted by molar-refractivity contribution is 14.0. The molecule has 0 atom stereocenters. The Morgan fingerprint density at radius 2 is 1.92 bits per heavy atom. The Morgan fingerprint density at radius 1 is 1.16 bits per heavy atom. The van der Waals surface area contributed by atoms with Gasteiger partial charge >= 0.3 is 0 Å². The molecule has 0 spiro atoms. The number of amides is 1. The molecule has 0 heterocycles. The van der Waals surface area contributed by atoms with Crippen LogP contribution in [0.15, 0.2) is 29.3 Å². The van der Waals surface area contributed by atoms with Crippen molar-refractivity contribution in [3.63, 3.8) is 0 Å². The van der Waals surface area contributed by atoms with Gasteiger partial charge in [0.1, 0.15) is 0 Å². The van der Waals surface area contributed by atoms with Gasteiger partial charge < -0.3 is 15.5 Å². The van der Waals surface area contributed by atoms with Crippen LogP contribution in [-0.4, -0.2) is 43.4 Å². The second-order valence-corrected chi connectivity index (χ2v) is 5.90. The fourth-order valence-corrected chi connectivity index (χ4v) is 2.29. The van der Waals surface area contributed by atoms with Gasteiger partial charge in [-0.25, -0.2) is 4.99 Å². The summed E-state index contributed by atoms with van der Waals surface area (Å²) in [7, 11) is 2.06. The Bertz CT molecular complexity index is 534. The molecule has 1 aromatic carbocycles. The summed E-state index contributed by atoms with van der Waals surface area (Å²) in [6, 6.07) is 7.69. The number of benzene rings is 1. The van der Waals surface area contributed by atoms with Crippen molar-refractivity contribution in [2.24, 2.45) is 4.99 Å². The zero-order chi connectivity index (χ0) is 17.8. The van der Waals surface area contributed by atoms with Crippen LogP contribution in [0.3, 0.4) is 0 Å². The number of rotatable bonds is 9. The molecule has 2 N–H and O–H groups in total. The largest absolute Gasteiger partial charge is 0.357 e. The molecule has 0 aliphatic carbocycles. The summed E-state index contributed by atoms with van der Waals surface area (Å²) >= 11 is 0. The van der Waals surface area contributed by atoms with Crippen LogP contribution in [0.2, 0.25) is 0 Å². The van der Waals surface area contributed by atoms with Crippen molar-refractivity contribution >= 4 is 35.8 Å². The number of guanidine groups is 1. The molecule has 1 rings (SSSR count). The van der Waals surface area contributed by atoms with Crippen LogP contribution in [0.4, 0.5) is 0 Å². The molecule has 0 aromatic heterocycles. The minimum absolute atomic E-state index is 0. The van der Waals surface area contributed by atoms with E-state index in [2.05, 4.69) is 36.4 Å². The summed E-state index contributed by atoms with van der Waals surface area (Å²) in [6.45, 7) is 9.40. The number of nitrogens with one attached hydrogen (secondary N) is 2. The van der Waals surface area contributed by atoms with E-state index in [4.69, 9.17) is 4.99 Å². The molecule has 1 amide bonds. The number of halogens is 1. The highest BCUT2D eigenvalue weighted by Gasteiger charge is 2.07. The van der Waals surface area contributed by atoms with Crippen LogP contribution in [0.25, 0.3) is 0 Å². The number of carbonyl (C=O) groups excluding carboxylic acids is 1.